The maximum atomic E-state index is 9.48. The summed E-state index contributed by atoms with van der Waals surface area (Å²) in [6, 6.07) is 0. The highest BCUT2D eigenvalue weighted by Crippen LogP contribution is 2.27. The molecule has 0 amide bonds. The molecule has 0 aliphatic rings. The number of thiazole rings is 2. The largest absolute Gasteiger partial charge is 0.494 e. The molecule has 0 unspecified atom stereocenters. The number of aromatic hydroxyl groups is 2. The van der Waals surface area contributed by atoms with Crippen molar-refractivity contribution in [3.63, 3.8) is 0 Å². The molecule has 2 rings (SSSR count). The minimum Gasteiger partial charge on any atom is -0.494 e. The zero-order valence-corrected chi connectivity index (χ0v) is 11.2. The standard InChI is InChI=1S/C8H8N2O2S4/c11-5-3(15-7(13)9-5)1-2-4-6(12)10-8(14)16-4/h11-12H,1-2H2,(H,9,13)(H,10,14). The summed E-state index contributed by atoms with van der Waals surface area (Å²) in [5.74, 6) is 0.238. The van der Waals surface area contributed by atoms with Crippen molar-refractivity contribution in [2.45, 2.75) is 12.8 Å². The van der Waals surface area contributed by atoms with Crippen LogP contribution in [0.25, 0.3) is 0 Å². The summed E-state index contributed by atoms with van der Waals surface area (Å²) < 4.78 is 1.11. The van der Waals surface area contributed by atoms with Gasteiger partial charge in [0.2, 0.25) is 11.8 Å². The van der Waals surface area contributed by atoms with Crippen molar-refractivity contribution < 1.29 is 10.2 Å². The van der Waals surface area contributed by atoms with Crippen molar-refractivity contribution in [1.82, 2.24) is 9.97 Å². The Morgan fingerprint density at radius 1 is 0.875 bits per heavy atom. The molecule has 0 saturated carbocycles. The molecule has 4 N–H and O–H groups in total. The van der Waals surface area contributed by atoms with Crippen molar-refractivity contribution in [2.24, 2.45) is 0 Å². The van der Waals surface area contributed by atoms with Gasteiger partial charge in [-0.1, -0.05) is 0 Å². The highest BCUT2D eigenvalue weighted by molar-refractivity contribution is 7.73. The second-order valence-corrected chi connectivity index (χ2v) is 6.62. The van der Waals surface area contributed by atoms with Crippen LogP contribution in [0.5, 0.6) is 11.8 Å². The van der Waals surface area contributed by atoms with E-state index in [4.69, 9.17) is 24.4 Å². The maximum absolute atomic E-state index is 9.48. The first-order valence-electron chi connectivity index (χ1n) is 4.38. The molecule has 0 saturated heterocycles. The van der Waals surface area contributed by atoms with Gasteiger partial charge < -0.3 is 20.2 Å². The average molecular weight is 292 g/mol. The zero-order chi connectivity index (χ0) is 11.7. The molecule has 0 atom stereocenters. The molecule has 0 fully saturated rings. The summed E-state index contributed by atoms with van der Waals surface area (Å²) in [5, 5.41) is 19.0. The summed E-state index contributed by atoms with van der Waals surface area (Å²) in [4.78, 5) is 6.92. The summed E-state index contributed by atoms with van der Waals surface area (Å²) in [6.07, 6.45) is 1.25. The number of hydrogen-bond donors (Lipinski definition) is 4. The van der Waals surface area contributed by atoms with Crippen LogP contribution < -0.4 is 0 Å². The van der Waals surface area contributed by atoms with Crippen LogP contribution in [0, 0.1) is 7.91 Å². The number of aromatic amines is 2. The normalized spacial score (nSPS) is 10.8. The first-order valence-corrected chi connectivity index (χ1v) is 6.83. The predicted molar refractivity (Wildman–Crippen MR) is 69.7 cm³/mol. The molecular formula is C8H8N2O2S4. The van der Waals surface area contributed by atoms with Gasteiger partial charge in [0.05, 0.1) is 9.75 Å². The third kappa shape index (κ3) is 2.51. The number of nitrogens with one attached hydrogen (secondary N) is 2. The first-order chi connectivity index (χ1) is 7.56. The van der Waals surface area contributed by atoms with E-state index in [9.17, 15) is 10.2 Å². The Kier molecular flexibility index (Phi) is 3.43. The first kappa shape index (κ1) is 11.8. The lowest BCUT2D eigenvalue weighted by molar-refractivity contribution is 0.445. The van der Waals surface area contributed by atoms with Crippen LogP contribution in [0.2, 0.25) is 0 Å². The number of aromatic nitrogens is 2. The Hall–Kier alpha value is -0.700. The van der Waals surface area contributed by atoms with E-state index >= 15 is 0 Å². The van der Waals surface area contributed by atoms with Crippen LogP contribution in [0.1, 0.15) is 9.75 Å². The third-order valence-corrected chi connectivity index (χ3v) is 4.55. The van der Waals surface area contributed by atoms with Crippen LogP contribution in [-0.4, -0.2) is 20.2 Å². The van der Waals surface area contributed by atoms with E-state index in [-0.39, 0.29) is 11.8 Å². The molecule has 4 nitrogen and oxygen atoms in total. The number of rotatable bonds is 3. The monoisotopic (exact) mass is 292 g/mol. The van der Waals surface area contributed by atoms with Crippen molar-refractivity contribution in [3.05, 3.63) is 17.7 Å². The van der Waals surface area contributed by atoms with Crippen LogP contribution in [0.15, 0.2) is 0 Å². The number of aryl methyl sites for hydroxylation is 2. The van der Waals surface area contributed by atoms with E-state index in [1.165, 1.54) is 22.7 Å². The van der Waals surface area contributed by atoms with E-state index in [2.05, 4.69) is 9.97 Å². The van der Waals surface area contributed by atoms with Gasteiger partial charge in [0.15, 0.2) is 7.91 Å². The minimum atomic E-state index is 0.119. The van der Waals surface area contributed by atoms with Gasteiger partial charge in [-0.05, 0) is 37.3 Å². The van der Waals surface area contributed by atoms with Crippen molar-refractivity contribution in [2.75, 3.05) is 0 Å². The number of H-pyrrole nitrogens is 2. The molecule has 0 aliphatic heterocycles. The molecule has 16 heavy (non-hydrogen) atoms. The summed E-state index contributed by atoms with van der Waals surface area (Å²) >= 11 is 12.5. The molecular weight excluding hydrogens is 284 g/mol. The Labute approximate surface area is 109 Å². The van der Waals surface area contributed by atoms with Crippen molar-refractivity contribution >= 4 is 47.1 Å². The van der Waals surface area contributed by atoms with Crippen molar-refractivity contribution in [1.29, 1.82) is 0 Å². The molecule has 0 bridgehead atoms. The number of hydrogen-bond acceptors (Lipinski definition) is 6. The molecule has 0 aromatic carbocycles. The maximum Gasteiger partial charge on any atom is 0.203 e. The molecule has 2 aromatic rings. The van der Waals surface area contributed by atoms with Crippen molar-refractivity contribution in [3.8, 4) is 11.8 Å². The topological polar surface area (TPSA) is 72.0 Å². The SMILES string of the molecule is Oc1[nH]c(=S)sc1CCc1sc(=S)[nH]c1O. The van der Waals surface area contributed by atoms with Gasteiger partial charge in [0, 0.05) is 0 Å². The summed E-state index contributed by atoms with van der Waals surface area (Å²) in [6.45, 7) is 0. The van der Waals surface area contributed by atoms with Gasteiger partial charge in [-0.2, -0.15) is 0 Å². The Balaban J connectivity index is 2.13. The van der Waals surface area contributed by atoms with Crippen LogP contribution in [0.4, 0.5) is 0 Å². The van der Waals surface area contributed by atoms with E-state index in [1.54, 1.807) is 0 Å². The van der Waals surface area contributed by atoms with Crippen LogP contribution in [0.3, 0.4) is 0 Å². The van der Waals surface area contributed by atoms with Gasteiger partial charge >= 0.3 is 0 Å². The predicted octanol–water partition coefficient (Wildman–Crippen LogP) is 3.12. The molecule has 2 heterocycles. The molecule has 86 valence electrons. The highest BCUT2D eigenvalue weighted by atomic mass is 32.2. The molecule has 0 radical (unpaired) electrons. The quantitative estimate of drug-likeness (QED) is 0.656. The van der Waals surface area contributed by atoms with E-state index in [0.29, 0.717) is 20.8 Å². The lowest BCUT2D eigenvalue weighted by Gasteiger charge is -1.96. The van der Waals surface area contributed by atoms with Gasteiger partial charge in [0.25, 0.3) is 0 Å². The Morgan fingerprint density at radius 3 is 1.50 bits per heavy atom. The smallest absolute Gasteiger partial charge is 0.203 e. The molecule has 0 spiro atoms. The lowest BCUT2D eigenvalue weighted by atomic mass is 10.2. The van der Waals surface area contributed by atoms with Crippen LogP contribution in [-0.2, 0) is 12.8 Å². The van der Waals surface area contributed by atoms with Crippen LogP contribution >= 0.6 is 47.1 Å². The molecule has 0 aliphatic carbocycles. The highest BCUT2D eigenvalue weighted by Gasteiger charge is 2.09. The van der Waals surface area contributed by atoms with Gasteiger partial charge in [-0.3, -0.25) is 0 Å². The zero-order valence-electron chi connectivity index (χ0n) is 7.94. The fourth-order valence-corrected chi connectivity index (χ4v) is 3.51. The molecule has 8 heteroatoms. The molecule has 2 aromatic heterocycles. The third-order valence-electron chi connectivity index (χ3n) is 1.98. The fraction of sp³-hybridized carbons (Fsp3) is 0.250. The van der Waals surface area contributed by atoms with E-state index < -0.39 is 0 Å². The average Bonchev–Trinajstić information content (AvgIpc) is 2.66. The second-order valence-electron chi connectivity index (χ2n) is 3.07. The summed E-state index contributed by atoms with van der Waals surface area (Å²) in [7, 11) is 0. The Morgan fingerprint density at radius 2 is 1.25 bits per heavy atom. The Bertz CT molecular complexity index is 552. The van der Waals surface area contributed by atoms with E-state index in [1.807, 2.05) is 0 Å². The second kappa shape index (κ2) is 4.66. The van der Waals surface area contributed by atoms with Gasteiger partial charge in [-0.25, -0.2) is 0 Å². The fourth-order valence-electron chi connectivity index (χ4n) is 1.27. The van der Waals surface area contributed by atoms with Gasteiger partial charge in [-0.15, -0.1) is 22.7 Å². The minimum absolute atomic E-state index is 0.119. The lowest BCUT2D eigenvalue weighted by Crippen LogP contribution is -1.86. The van der Waals surface area contributed by atoms with E-state index in [0.717, 1.165) is 9.75 Å². The van der Waals surface area contributed by atoms with Gasteiger partial charge in [0.1, 0.15) is 0 Å². The summed E-state index contributed by atoms with van der Waals surface area (Å²) in [5.41, 5.74) is 0.